The number of aromatic nitrogens is 2. The van der Waals surface area contributed by atoms with Crippen molar-refractivity contribution in [2.24, 2.45) is 7.05 Å². The van der Waals surface area contributed by atoms with Crippen LogP contribution in [0, 0.1) is 6.92 Å². The number of thioether (sulfide) groups is 1. The summed E-state index contributed by atoms with van der Waals surface area (Å²) in [5.74, 6) is 1.14. The molecule has 0 bridgehead atoms. The van der Waals surface area contributed by atoms with Crippen LogP contribution in [0.1, 0.15) is 42.2 Å². The summed E-state index contributed by atoms with van der Waals surface area (Å²) in [6.07, 6.45) is 3.23. The molecule has 2 aromatic rings. The summed E-state index contributed by atoms with van der Waals surface area (Å²) >= 11 is 8.09. The summed E-state index contributed by atoms with van der Waals surface area (Å²) in [5.41, 5.74) is 3.68. The molecule has 1 aliphatic heterocycles. The van der Waals surface area contributed by atoms with Crippen LogP contribution >= 0.6 is 23.4 Å². The largest absolute Gasteiger partial charge is 0.303 e. The monoisotopic (exact) mass is 321 g/mol. The number of nitrogens with zero attached hydrogens (tertiary/aromatic N) is 2. The van der Waals surface area contributed by atoms with Gasteiger partial charge in [-0.1, -0.05) is 11.6 Å². The minimum absolute atomic E-state index is 0.277. The van der Waals surface area contributed by atoms with Gasteiger partial charge in [0.25, 0.3) is 0 Å². The SMILES string of the molecule is Cc1nn(C)cc1C(C)NC1CCSc2ccc(Cl)cc21. The molecular weight excluding hydrogens is 302 g/mol. The van der Waals surface area contributed by atoms with E-state index in [-0.39, 0.29) is 6.04 Å². The van der Waals surface area contributed by atoms with E-state index in [1.807, 2.05) is 29.6 Å². The van der Waals surface area contributed by atoms with Crippen molar-refractivity contribution in [3.63, 3.8) is 0 Å². The Labute approximate surface area is 135 Å². The molecule has 21 heavy (non-hydrogen) atoms. The molecule has 0 saturated heterocycles. The van der Waals surface area contributed by atoms with E-state index < -0.39 is 0 Å². The van der Waals surface area contributed by atoms with Gasteiger partial charge in [0.15, 0.2) is 0 Å². The molecule has 3 rings (SSSR count). The highest BCUT2D eigenvalue weighted by Gasteiger charge is 2.23. The van der Waals surface area contributed by atoms with E-state index in [0.717, 1.165) is 22.9 Å². The van der Waals surface area contributed by atoms with E-state index in [2.05, 4.69) is 42.6 Å². The lowest BCUT2D eigenvalue weighted by atomic mass is 10.0. The Bertz CT molecular complexity index is 653. The lowest BCUT2D eigenvalue weighted by Crippen LogP contribution is -2.27. The molecule has 2 unspecified atom stereocenters. The second-order valence-electron chi connectivity index (χ2n) is 5.60. The van der Waals surface area contributed by atoms with Gasteiger partial charge in [0.1, 0.15) is 0 Å². The molecule has 0 fully saturated rings. The van der Waals surface area contributed by atoms with Crippen molar-refractivity contribution in [2.75, 3.05) is 5.75 Å². The predicted molar refractivity (Wildman–Crippen MR) is 89.0 cm³/mol. The number of hydrogen-bond acceptors (Lipinski definition) is 3. The number of aryl methyl sites for hydroxylation is 2. The van der Waals surface area contributed by atoms with Crippen LogP contribution in [0.15, 0.2) is 29.3 Å². The van der Waals surface area contributed by atoms with E-state index in [4.69, 9.17) is 11.6 Å². The minimum Gasteiger partial charge on any atom is -0.303 e. The van der Waals surface area contributed by atoms with Gasteiger partial charge >= 0.3 is 0 Å². The zero-order valence-corrected chi connectivity index (χ0v) is 14.1. The fraction of sp³-hybridized carbons (Fsp3) is 0.438. The Kier molecular flexibility index (Phi) is 4.29. The van der Waals surface area contributed by atoms with Crippen molar-refractivity contribution in [2.45, 2.75) is 37.2 Å². The molecule has 1 aromatic carbocycles. The summed E-state index contributed by atoms with van der Waals surface area (Å²) < 4.78 is 1.88. The summed E-state index contributed by atoms with van der Waals surface area (Å²) in [7, 11) is 1.97. The quantitative estimate of drug-likeness (QED) is 0.915. The van der Waals surface area contributed by atoms with Gasteiger partial charge in [-0.2, -0.15) is 5.10 Å². The Morgan fingerprint density at radius 1 is 1.48 bits per heavy atom. The van der Waals surface area contributed by atoms with Gasteiger partial charge in [0, 0.05) is 40.8 Å². The number of hydrogen-bond donors (Lipinski definition) is 1. The van der Waals surface area contributed by atoms with Crippen molar-refractivity contribution in [3.05, 3.63) is 46.2 Å². The topological polar surface area (TPSA) is 29.9 Å². The van der Waals surface area contributed by atoms with Crippen LogP contribution in [-0.2, 0) is 7.05 Å². The second-order valence-corrected chi connectivity index (χ2v) is 7.18. The number of fused-ring (bicyclic) bond motifs is 1. The minimum atomic E-state index is 0.277. The molecule has 1 aliphatic rings. The highest BCUT2D eigenvalue weighted by atomic mass is 35.5. The normalized spacial score (nSPS) is 19.3. The third kappa shape index (κ3) is 3.12. The molecule has 0 aliphatic carbocycles. The molecule has 112 valence electrons. The van der Waals surface area contributed by atoms with Gasteiger partial charge in [0.2, 0.25) is 0 Å². The average molecular weight is 322 g/mol. The van der Waals surface area contributed by atoms with Gasteiger partial charge in [-0.25, -0.2) is 0 Å². The van der Waals surface area contributed by atoms with E-state index in [1.54, 1.807) is 0 Å². The smallest absolute Gasteiger partial charge is 0.0641 e. The first-order valence-electron chi connectivity index (χ1n) is 7.23. The van der Waals surface area contributed by atoms with E-state index in [0.29, 0.717) is 6.04 Å². The maximum absolute atomic E-state index is 6.17. The van der Waals surface area contributed by atoms with Crippen LogP contribution in [-0.4, -0.2) is 15.5 Å². The standard InChI is InChI=1S/C16H20ClN3S/c1-10(14-9-20(3)19-11(14)2)18-15-6-7-21-16-5-4-12(17)8-13(15)16/h4-5,8-10,15,18H,6-7H2,1-3H3. The Morgan fingerprint density at radius 2 is 2.29 bits per heavy atom. The lowest BCUT2D eigenvalue weighted by Gasteiger charge is -2.29. The Balaban J connectivity index is 1.83. The van der Waals surface area contributed by atoms with Crippen LogP contribution in [0.3, 0.4) is 0 Å². The van der Waals surface area contributed by atoms with Gasteiger partial charge < -0.3 is 5.32 Å². The highest BCUT2D eigenvalue weighted by Crippen LogP contribution is 2.38. The fourth-order valence-electron chi connectivity index (χ4n) is 2.97. The van der Waals surface area contributed by atoms with Crippen LogP contribution in [0.2, 0.25) is 5.02 Å². The molecule has 1 aromatic heterocycles. The number of halogens is 1. The summed E-state index contributed by atoms with van der Waals surface area (Å²) in [6.45, 7) is 4.27. The molecule has 3 nitrogen and oxygen atoms in total. The van der Waals surface area contributed by atoms with Gasteiger partial charge in [0.05, 0.1) is 5.69 Å². The summed E-state index contributed by atoms with van der Waals surface area (Å²) in [5, 5.41) is 9.00. The number of rotatable bonds is 3. The first-order chi connectivity index (χ1) is 10.0. The molecule has 0 amide bonds. The first kappa shape index (κ1) is 14.9. The second kappa shape index (κ2) is 6.03. The zero-order chi connectivity index (χ0) is 15.0. The van der Waals surface area contributed by atoms with Gasteiger partial charge in [-0.3, -0.25) is 4.68 Å². The zero-order valence-electron chi connectivity index (χ0n) is 12.6. The van der Waals surface area contributed by atoms with Crippen molar-refractivity contribution >= 4 is 23.4 Å². The van der Waals surface area contributed by atoms with Crippen molar-refractivity contribution in [1.82, 2.24) is 15.1 Å². The first-order valence-corrected chi connectivity index (χ1v) is 8.59. The maximum Gasteiger partial charge on any atom is 0.0641 e. The maximum atomic E-state index is 6.17. The van der Waals surface area contributed by atoms with Crippen LogP contribution in [0.5, 0.6) is 0 Å². The Morgan fingerprint density at radius 3 is 3.00 bits per heavy atom. The van der Waals surface area contributed by atoms with Crippen molar-refractivity contribution in [3.8, 4) is 0 Å². The third-order valence-corrected chi connectivity index (χ3v) is 5.34. The lowest BCUT2D eigenvalue weighted by molar-refractivity contribution is 0.449. The Hall–Kier alpha value is -0.970. The predicted octanol–water partition coefficient (Wildman–Crippen LogP) is 4.27. The fourth-order valence-corrected chi connectivity index (χ4v) is 4.26. The summed E-state index contributed by atoms with van der Waals surface area (Å²) in [4.78, 5) is 1.35. The van der Waals surface area contributed by atoms with Crippen LogP contribution < -0.4 is 5.32 Å². The third-order valence-electron chi connectivity index (χ3n) is 3.98. The van der Waals surface area contributed by atoms with Crippen molar-refractivity contribution < 1.29 is 0 Å². The molecule has 0 spiro atoms. The van der Waals surface area contributed by atoms with E-state index >= 15 is 0 Å². The van der Waals surface area contributed by atoms with Gasteiger partial charge in [-0.05, 0) is 49.8 Å². The number of benzene rings is 1. The van der Waals surface area contributed by atoms with E-state index in [9.17, 15) is 0 Å². The van der Waals surface area contributed by atoms with E-state index in [1.165, 1.54) is 16.0 Å². The molecule has 5 heteroatoms. The number of nitrogens with one attached hydrogen (secondary N) is 1. The molecule has 2 atom stereocenters. The average Bonchev–Trinajstić information content (AvgIpc) is 2.78. The van der Waals surface area contributed by atoms with Crippen LogP contribution in [0.4, 0.5) is 0 Å². The van der Waals surface area contributed by atoms with Gasteiger partial charge in [-0.15, -0.1) is 11.8 Å². The molecular formula is C16H20ClN3S. The van der Waals surface area contributed by atoms with Crippen molar-refractivity contribution in [1.29, 1.82) is 0 Å². The molecule has 1 N–H and O–H groups in total. The molecule has 0 radical (unpaired) electrons. The summed E-state index contributed by atoms with van der Waals surface area (Å²) in [6, 6.07) is 6.85. The molecule has 0 saturated carbocycles. The van der Waals surface area contributed by atoms with Crippen LogP contribution in [0.25, 0.3) is 0 Å². The molecule has 2 heterocycles. The highest BCUT2D eigenvalue weighted by molar-refractivity contribution is 7.99.